The fourth-order valence-electron chi connectivity index (χ4n) is 1.42. The minimum atomic E-state index is 0.221. The Kier molecular flexibility index (Phi) is 10.3. The maximum Gasteiger partial charge on any atom is 0.0722 e. The molecule has 0 aliphatic heterocycles. The molecule has 3 heteroatoms. The molecule has 2 unspecified atom stereocenters. The van der Waals surface area contributed by atoms with E-state index in [4.69, 9.17) is 9.47 Å². The van der Waals surface area contributed by atoms with Crippen molar-refractivity contribution >= 4 is 0 Å². The van der Waals surface area contributed by atoms with Crippen LogP contribution in [0.25, 0.3) is 0 Å². The SMILES string of the molecule is CCCNC(COCCC)C(C)OCC. The lowest BCUT2D eigenvalue weighted by atomic mass is 10.2. The third-order valence-electron chi connectivity index (χ3n) is 2.30. The quantitative estimate of drug-likeness (QED) is 0.569. The molecule has 0 amide bonds. The molecule has 0 heterocycles. The van der Waals surface area contributed by atoms with Gasteiger partial charge in [0.15, 0.2) is 0 Å². The molecule has 2 atom stereocenters. The van der Waals surface area contributed by atoms with Crippen molar-refractivity contribution in [3.05, 3.63) is 0 Å². The highest BCUT2D eigenvalue weighted by Crippen LogP contribution is 2.00. The predicted molar refractivity (Wildman–Crippen MR) is 64.3 cm³/mol. The van der Waals surface area contributed by atoms with Crippen LogP contribution in [0, 0.1) is 0 Å². The Labute approximate surface area is 94.5 Å². The maximum absolute atomic E-state index is 5.59. The van der Waals surface area contributed by atoms with Gasteiger partial charge in [-0.2, -0.15) is 0 Å². The van der Waals surface area contributed by atoms with Crippen molar-refractivity contribution in [3.8, 4) is 0 Å². The van der Waals surface area contributed by atoms with Gasteiger partial charge in [0.05, 0.1) is 18.8 Å². The van der Waals surface area contributed by atoms with Gasteiger partial charge in [-0.05, 0) is 33.2 Å². The summed E-state index contributed by atoms with van der Waals surface area (Å²) in [5.74, 6) is 0. The lowest BCUT2D eigenvalue weighted by Gasteiger charge is -2.24. The molecule has 0 saturated carbocycles. The summed E-state index contributed by atoms with van der Waals surface area (Å²) in [5, 5.41) is 3.46. The highest BCUT2D eigenvalue weighted by molar-refractivity contribution is 4.73. The van der Waals surface area contributed by atoms with E-state index in [0.29, 0.717) is 6.04 Å². The highest BCUT2D eigenvalue weighted by atomic mass is 16.5. The van der Waals surface area contributed by atoms with Crippen molar-refractivity contribution in [2.75, 3.05) is 26.4 Å². The molecule has 0 aromatic rings. The van der Waals surface area contributed by atoms with Crippen LogP contribution >= 0.6 is 0 Å². The molecule has 0 radical (unpaired) electrons. The van der Waals surface area contributed by atoms with Crippen LogP contribution in [0.2, 0.25) is 0 Å². The van der Waals surface area contributed by atoms with E-state index in [1.165, 1.54) is 0 Å². The maximum atomic E-state index is 5.59. The van der Waals surface area contributed by atoms with Crippen LogP contribution in [0.4, 0.5) is 0 Å². The molecule has 0 spiro atoms. The van der Waals surface area contributed by atoms with Crippen LogP contribution in [0.3, 0.4) is 0 Å². The molecule has 0 aromatic carbocycles. The molecule has 0 saturated heterocycles. The van der Waals surface area contributed by atoms with Crippen molar-refractivity contribution in [3.63, 3.8) is 0 Å². The molecular formula is C12H27NO2. The summed E-state index contributed by atoms with van der Waals surface area (Å²) >= 11 is 0. The van der Waals surface area contributed by atoms with Gasteiger partial charge in [0, 0.05) is 13.2 Å². The first-order valence-electron chi connectivity index (χ1n) is 6.18. The largest absolute Gasteiger partial charge is 0.380 e. The Hall–Kier alpha value is -0.120. The Balaban J connectivity index is 3.81. The number of hydrogen-bond donors (Lipinski definition) is 1. The van der Waals surface area contributed by atoms with E-state index in [2.05, 4.69) is 26.1 Å². The van der Waals surface area contributed by atoms with Crippen LogP contribution in [-0.4, -0.2) is 38.5 Å². The lowest BCUT2D eigenvalue weighted by Crippen LogP contribution is -2.43. The number of hydrogen-bond acceptors (Lipinski definition) is 3. The van der Waals surface area contributed by atoms with Gasteiger partial charge in [-0.15, -0.1) is 0 Å². The Morgan fingerprint density at radius 2 is 1.87 bits per heavy atom. The first-order chi connectivity index (χ1) is 7.26. The first kappa shape index (κ1) is 14.9. The number of rotatable bonds is 10. The molecule has 3 nitrogen and oxygen atoms in total. The van der Waals surface area contributed by atoms with E-state index in [1.807, 2.05) is 6.92 Å². The minimum Gasteiger partial charge on any atom is -0.380 e. The highest BCUT2D eigenvalue weighted by Gasteiger charge is 2.16. The summed E-state index contributed by atoms with van der Waals surface area (Å²) in [6.45, 7) is 11.8. The number of ether oxygens (including phenoxy) is 2. The average Bonchev–Trinajstić information content (AvgIpc) is 2.23. The Morgan fingerprint density at radius 1 is 1.13 bits per heavy atom. The van der Waals surface area contributed by atoms with Crippen molar-refractivity contribution in [1.82, 2.24) is 5.32 Å². The van der Waals surface area contributed by atoms with Crippen LogP contribution in [0.5, 0.6) is 0 Å². The zero-order valence-corrected chi connectivity index (χ0v) is 10.7. The van der Waals surface area contributed by atoms with Crippen molar-refractivity contribution < 1.29 is 9.47 Å². The smallest absolute Gasteiger partial charge is 0.0722 e. The van der Waals surface area contributed by atoms with Crippen LogP contribution in [0.15, 0.2) is 0 Å². The summed E-state index contributed by atoms with van der Waals surface area (Å²) in [6.07, 6.45) is 2.44. The van der Waals surface area contributed by atoms with Gasteiger partial charge in [0.1, 0.15) is 0 Å². The normalized spacial score (nSPS) is 15.2. The van der Waals surface area contributed by atoms with E-state index in [-0.39, 0.29) is 6.10 Å². The predicted octanol–water partition coefficient (Wildman–Crippen LogP) is 2.21. The average molecular weight is 217 g/mol. The second-order valence-corrected chi connectivity index (χ2v) is 3.80. The summed E-state index contributed by atoms with van der Waals surface area (Å²) < 4.78 is 11.2. The summed E-state index contributed by atoms with van der Waals surface area (Å²) in [4.78, 5) is 0. The lowest BCUT2D eigenvalue weighted by molar-refractivity contribution is 0.0105. The van der Waals surface area contributed by atoms with E-state index in [9.17, 15) is 0 Å². The van der Waals surface area contributed by atoms with Gasteiger partial charge in [-0.25, -0.2) is 0 Å². The minimum absolute atomic E-state index is 0.221. The van der Waals surface area contributed by atoms with Gasteiger partial charge in [0.25, 0.3) is 0 Å². The third-order valence-corrected chi connectivity index (χ3v) is 2.30. The van der Waals surface area contributed by atoms with E-state index in [0.717, 1.165) is 39.2 Å². The molecular weight excluding hydrogens is 190 g/mol. The van der Waals surface area contributed by atoms with Crippen molar-refractivity contribution in [1.29, 1.82) is 0 Å². The van der Waals surface area contributed by atoms with Crippen LogP contribution in [0.1, 0.15) is 40.5 Å². The number of nitrogens with one attached hydrogen (secondary N) is 1. The molecule has 1 N–H and O–H groups in total. The second kappa shape index (κ2) is 10.4. The van der Waals surface area contributed by atoms with Crippen LogP contribution in [-0.2, 0) is 9.47 Å². The third kappa shape index (κ3) is 7.77. The van der Waals surface area contributed by atoms with Crippen LogP contribution < -0.4 is 5.32 Å². The monoisotopic (exact) mass is 217 g/mol. The van der Waals surface area contributed by atoms with Gasteiger partial charge >= 0.3 is 0 Å². The van der Waals surface area contributed by atoms with Gasteiger partial charge in [-0.1, -0.05) is 13.8 Å². The topological polar surface area (TPSA) is 30.5 Å². The Morgan fingerprint density at radius 3 is 2.40 bits per heavy atom. The van der Waals surface area contributed by atoms with Crippen molar-refractivity contribution in [2.45, 2.75) is 52.7 Å². The zero-order chi connectivity index (χ0) is 11.5. The molecule has 92 valence electrons. The van der Waals surface area contributed by atoms with Crippen molar-refractivity contribution in [2.24, 2.45) is 0 Å². The van der Waals surface area contributed by atoms with E-state index in [1.54, 1.807) is 0 Å². The molecule has 0 aliphatic carbocycles. The van der Waals surface area contributed by atoms with E-state index < -0.39 is 0 Å². The molecule has 0 bridgehead atoms. The first-order valence-corrected chi connectivity index (χ1v) is 6.18. The molecule has 0 aliphatic rings. The fraction of sp³-hybridized carbons (Fsp3) is 1.00. The standard InChI is InChI=1S/C12H27NO2/c1-5-8-13-12(10-14-9-6-2)11(4)15-7-3/h11-13H,5-10H2,1-4H3. The van der Waals surface area contributed by atoms with Gasteiger partial charge in [0.2, 0.25) is 0 Å². The second-order valence-electron chi connectivity index (χ2n) is 3.80. The Bertz CT molecular complexity index is 131. The molecule has 0 rings (SSSR count). The van der Waals surface area contributed by atoms with E-state index >= 15 is 0 Å². The zero-order valence-electron chi connectivity index (χ0n) is 10.7. The summed E-state index contributed by atoms with van der Waals surface area (Å²) in [5.41, 5.74) is 0. The molecule has 0 fully saturated rings. The van der Waals surface area contributed by atoms with Gasteiger partial charge < -0.3 is 14.8 Å². The molecule has 0 aromatic heterocycles. The fourth-order valence-corrected chi connectivity index (χ4v) is 1.42. The molecule has 15 heavy (non-hydrogen) atoms. The van der Waals surface area contributed by atoms with Gasteiger partial charge in [-0.3, -0.25) is 0 Å². The summed E-state index contributed by atoms with van der Waals surface area (Å²) in [7, 11) is 0. The summed E-state index contributed by atoms with van der Waals surface area (Å²) in [6, 6.07) is 0.316.